The highest BCUT2D eigenvalue weighted by Gasteiger charge is 2.20. The molecule has 3 nitrogen and oxygen atoms in total. The molecule has 3 heteroatoms. The first-order valence-corrected chi connectivity index (χ1v) is 4.69. The second kappa shape index (κ2) is 4.45. The zero-order chi connectivity index (χ0) is 8.97. The minimum absolute atomic E-state index is 0.0918. The van der Waals surface area contributed by atoms with Gasteiger partial charge in [-0.25, -0.2) is 0 Å². The van der Waals surface area contributed by atoms with Crippen LogP contribution in [0.5, 0.6) is 0 Å². The minimum Gasteiger partial charge on any atom is -0.393 e. The van der Waals surface area contributed by atoms with Gasteiger partial charge in [0, 0.05) is 12.5 Å². The van der Waals surface area contributed by atoms with Crippen molar-refractivity contribution in [3.05, 3.63) is 0 Å². The maximum Gasteiger partial charge on any atom is 0.219 e. The SMILES string of the molecule is CCC(=O)NC1CCCC(O)C1. The van der Waals surface area contributed by atoms with Gasteiger partial charge in [-0.05, 0) is 25.7 Å². The van der Waals surface area contributed by atoms with E-state index >= 15 is 0 Å². The van der Waals surface area contributed by atoms with Crippen LogP contribution in [0.3, 0.4) is 0 Å². The van der Waals surface area contributed by atoms with Crippen LogP contribution in [0.15, 0.2) is 0 Å². The number of aliphatic hydroxyl groups is 1. The molecule has 1 saturated carbocycles. The average molecular weight is 171 g/mol. The second-order valence-electron chi connectivity index (χ2n) is 3.44. The summed E-state index contributed by atoms with van der Waals surface area (Å²) in [7, 11) is 0. The molecule has 0 saturated heterocycles. The Bertz CT molecular complexity index is 159. The lowest BCUT2D eigenvalue weighted by atomic mass is 9.93. The van der Waals surface area contributed by atoms with Crippen molar-refractivity contribution >= 4 is 5.91 Å². The zero-order valence-corrected chi connectivity index (χ0v) is 7.55. The van der Waals surface area contributed by atoms with Crippen LogP contribution in [0.1, 0.15) is 39.0 Å². The summed E-state index contributed by atoms with van der Waals surface area (Å²) >= 11 is 0. The summed E-state index contributed by atoms with van der Waals surface area (Å²) in [5.41, 5.74) is 0. The number of nitrogens with one attached hydrogen (secondary N) is 1. The highest BCUT2D eigenvalue weighted by atomic mass is 16.3. The maximum atomic E-state index is 11.0. The highest BCUT2D eigenvalue weighted by Crippen LogP contribution is 2.18. The first-order valence-electron chi connectivity index (χ1n) is 4.69. The summed E-state index contributed by atoms with van der Waals surface area (Å²) in [4.78, 5) is 11.0. The van der Waals surface area contributed by atoms with Gasteiger partial charge in [0.2, 0.25) is 5.91 Å². The van der Waals surface area contributed by atoms with Crippen LogP contribution in [-0.4, -0.2) is 23.2 Å². The molecule has 0 bridgehead atoms. The third-order valence-electron chi connectivity index (χ3n) is 2.33. The molecule has 1 rings (SSSR count). The van der Waals surface area contributed by atoms with Gasteiger partial charge < -0.3 is 10.4 Å². The lowest BCUT2D eigenvalue weighted by Crippen LogP contribution is -2.39. The molecule has 0 radical (unpaired) electrons. The number of aliphatic hydroxyl groups excluding tert-OH is 1. The van der Waals surface area contributed by atoms with Gasteiger partial charge in [0.25, 0.3) is 0 Å². The number of rotatable bonds is 2. The monoisotopic (exact) mass is 171 g/mol. The predicted molar refractivity (Wildman–Crippen MR) is 46.7 cm³/mol. The molecule has 12 heavy (non-hydrogen) atoms. The molecule has 0 aliphatic heterocycles. The highest BCUT2D eigenvalue weighted by molar-refractivity contribution is 5.75. The van der Waals surface area contributed by atoms with E-state index in [0.717, 1.165) is 25.7 Å². The van der Waals surface area contributed by atoms with E-state index in [1.165, 1.54) is 0 Å². The molecule has 1 aliphatic carbocycles. The fraction of sp³-hybridized carbons (Fsp3) is 0.889. The minimum atomic E-state index is -0.207. The Morgan fingerprint density at radius 1 is 1.58 bits per heavy atom. The van der Waals surface area contributed by atoms with E-state index in [4.69, 9.17) is 0 Å². The van der Waals surface area contributed by atoms with Crippen molar-refractivity contribution in [2.24, 2.45) is 0 Å². The molecule has 0 aromatic carbocycles. The van der Waals surface area contributed by atoms with Crippen LogP contribution in [0.2, 0.25) is 0 Å². The van der Waals surface area contributed by atoms with Gasteiger partial charge >= 0.3 is 0 Å². The van der Waals surface area contributed by atoms with Crippen molar-refractivity contribution in [2.45, 2.75) is 51.2 Å². The molecule has 2 N–H and O–H groups in total. The van der Waals surface area contributed by atoms with Crippen molar-refractivity contribution in [3.63, 3.8) is 0 Å². The van der Waals surface area contributed by atoms with E-state index < -0.39 is 0 Å². The standard InChI is InChI=1S/C9H17NO2/c1-2-9(12)10-7-4-3-5-8(11)6-7/h7-8,11H,2-6H2,1H3,(H,10,12). The summed E-state index contributed by atoms with van der Waals surface area (Å²) in [5, 5.41) is 12.2. The maximum absolute atomic E-state index is 11.0. The fourth-order valence-electron chi connectivity index (χ4n) is 1.62. The van der Waals surface area contributed by atoms with Crippen LogP contribution in [0.4, 0.5) is 0 Å². The van der Waals surface area contributed by atoms with Crippen LogP contribution < -0.4 is 5.32 Å². The van der Waals surface area contributed by atoms with Gasteiger partial charge in [-0.2, -0.15) is 0 Å². The molecule has 2 atom stereocenters. The second-order valence-corrected chi connectivity index (χ2v) is 3.44. The Morgan fingerprint density at radius 2 is 2.33 bits per heavy atom. The van der Waals surface area contributed by atoms with E-state index in [-0.39, 0.29) is 18.1 Å². The van der Waals surface area contributed by atoms with Crippen molar-refractivity contribution in [1.82, 2.24) is 5.32 Å². The molecule has 1 aliphatic rings. The van der Waals surface area contributed by atoms with Crippen molar-refractivity contribution in [2.75, 3.05) is 0 Å². The average Bonchev–Trinajstić information content (AvgIpc) is 2.04. The van der Waals surface area contributed by atoms with Gasteiger partial charge in [0.1, 0.15) is 0 Å². The molecule has 0 aromatic rings. The summed E-state index contributed by atoms with van der Waals surface area (Å²) < 4.78 is 0. The van der Waals surface area contributed by atoms with Gasteiger partial charge in [0.15, 0.2) is 0 Å². The molecule has 1 fully saturated rings. The largest absolute Gasteiger partial charge is 0.393 e. The van der Waals surface area contributed by atoms with E-state index in [0.29, 0.717) is 6.42 Å². The van der Waals surface area contributed by atoms with Crippen molar-refractivity contribution < 1.29 is 9.90 Å². The Labute approximate surface area is 73.2 Å². The lowest BCUT2D eigenvalue weighted by Gasteiger charge is -2.26. The Hall–Kier alpha value is -0.570. The summed E-state index contributed by atoms with van der Waals surface area (Å²) in [6.07, 6.45) is 3.98. The third kappa shape index (κ3) is 2.81. The number of hydrogen-bond donors (Lipinski definition) is 2. The first-order chi connectivity index (χ1) is 5.72. The normalized spacial score (nSPS) is 29.8. The molecule has 0 heterocycles. The van der Waals surface area contributed by atoms with E-state index in [1.54, 1.807) is 0 Å². The molecule has 1 amide bonds. The third-order valence-corrected chi connectivity index (χ3v) is 2.33. The van der Waals surface area contributed by atoms with Crippen LogP contribution >= 0.6 is 0 Å². The van der Waals surface area contributed by atoms with Crippen molar-refractivity contribution in [1.29, 1.82) is 0 Å². The molecule has 0 aromatic heterocycles. The Kier molecular flexibility index (Phi) is 3.53. The Morgan fingerprint density at radius 3 is 2.92 bits per heavy atom. The van der Waals surface area contributed by atoms with Gasteiger partial charge in [0.05, 0.1) is 6.10 Å². The smallest absolute Gasteiger partial charge is 0.219 e. The molecular formula is C9H17NO2. The van der Waals surface area contributed by atoms with Crippen molar-refractivity contribution in [3.8, 4) is 0 Å². The number of amides is 1. The number of carbonyl (C=O) groups is 1. The fourth-order valence-corrected chi connectivity index (χ4v) is 1.62. The zero-order valence-electron chi connectivity index (χ0n) is 7.55. The Balaban J connectivity index is 2.27. The van der Waals surface area contributed by atoms with E-state index in [9.17, 15) is 9.90 Å². The first kappa shape index (κ1) is 9.52. The predicted octanol–water partition coefficient (Wildman–Crippen LogP) is 0.816. The lowest BCUT2D eigenvalue weighted by molar-refractivity contribution is -0.121. The van der Waals surface area contributed by atoms with Gasteiger partial charge in [-0.3, -0.25) is 4.79 Å². The molecular weight excluding hydrogens is 154 g/mol. The molecule has 0 spiro atoms. The van der Waals surface area contributed by atoms with Crippen LogP contribution in [-0.2, 0) is 4.79 Å². The molecule has 2 unspecified atom stereocenters. The summed E-state index contributed by atoms with van der Waals surface area (Å²) in [6, 6.07) is 0.209. The van der Waals surface area contributed by atoms with Crippen LogP contribution in [0, 0.1) is 0 Å². The van der Waals surface area contributed by atoms with E-state index in [2.05, 4.69) is 5.32 Å². The number of carbonyl (C=O) groups excluding carboxylic acids is 1. The summed E-state index contributed by atoms with van der Waals surface area (Å²) in [5.74, 6) is 0.0918. The molecule has 70 valence electrons. The number of hydrogen-bond acceptors (Lipinski definition) is 2. The van der Waals surface area contributed by atoms with Gasteiger partial charge in [-0.1, -0.05) is 6.92 Å². The van der Waals surface area contributed by atoms with Crippen LogP contribution in [0.25, 0.3) is 0 Å². The quantitative estimate of drug-likeness (QED) is 0.646. The van der Waals surface area contributed by atoms with Gasteiger partial charge in [-0.15, -0.1) is 0 Å². The van der Waals surface area contributed by atoms with E-state index in [1.807, 2.05) is 6.92 Å². The summed E-state index contributed by atoms with van der Waals surface area (Å²) in [6.45, 7) is 1.84. The topological polar surface area (TPSA) is 49.3 Å².